The van der Waals surface area contributed by atoms with Gasteiger partial charge >= 0.3 is 0 Å². The third-order valence-corrected chi connectivity index (χ3v) is 5.63. The molecule has 0 bridgehead atoms. The maximum atomic E-state index is 12.7. The van der Waals surface area contributed by atoms with Gasteiger partial charge in [0.15, 0.2) is 5.65 Å². The highest BCUT2D eigenvalue weighted by Gasteiger charge is 2.26. The van der Waals surface area contributed by atoms with Crippen LogP contribution in [0.2, 0.25) is 5.02 Å². The smallest absolute Gasteiger partial charge is 0.227 e. The van der Waals surface area contributed by atoms with Gasteiger partial charge in [0, 0.05) is 30.1 Å². The number of benzene rings is 1. The molecule has 5 rings (SSSR count). The molecule has 4 aromatic rings. The summed E-state index contributed by atoms with van der Waals surface area (Å²) in [6.45, 7) is 1.51. The van der Waals surface area contributed by atoms with Crippen LogP contribution < -0.4 is 15.0 Å². The van der Waals surface area contributed by atoms with Gasteiger partial charge in [-0.05, 0) is 55.3 Å². The second kappa shape index (κ2) is 8.80. The Morgan fingerprint density at radius 1 is 1.06 bits per heavy atom. The average molecular weight is 450 g/mol. The number of halogens is 1. The molecule has 0 atom stereocenters. The topological polar surface area (TPSA) is 97.5 Å². The molecule has 0 radical (unpaired) electrons. The van der Waals surface area contributed by atoms with Gasteiger partial charge in [-0.15, -0.1) is 15.3 Å². The van der Waals surface area contributed by atoms with Crippen LogP contribution in [0.3, 0.4) is 0 Å². The van der Waals surface area contributed by atoms with Crippen LogP contribution in [0.5, 0.6) is 11.6 Å². The lowest BCUT2D eigenvalue weighted by Gasteiger charge is -2.31. The Hall–Kier alpha value is -3.72. The molecule has 1 aliphatic rings. The molecular formula is C22H20ClN7O2. The first-order chi connectivity index (χ1) is 15.6. The van der Waals surface area contributed by atoms with Crippen molar-refractivity contribution in [2.45, 2.75) is 12.8 Å². The highest BCUT2D eigenvalue weighted by molar-refractivity contribution is 6.30. The van der Waals surface area contributed by atoms with Crippen molar-refractivity contribution in [2.75, 3.05) is 23.3 Å². The van der Waals surface area contributed by atoms with Crippen LogP contribution in [0.1, 0.15) is 12.8 Å². The summed E-state index contributed by atoms with van der Waals surface area (Å²) in [6, 6.07) is 14.4. The van der Waals surface area contributed by atoms with E-state index < -0.39 is 0 Å². The predicted octanol–water partition coefficient (Wildman–Crippen LogP) is 3.82. The van der Waals surface area contributed by atoms with Gasteiger partial charge in [0.05, 0.1) is 11.9 Å². The van der Waals surface area contributed by atoms with E-state index in [0.29, 0.717) is 28.0 Å². The minimum atomic E-state index is -0.0603. The Bertz CT molecular complexity index is 1220. The Morgan fingerprint density at radius 2 is 1.88 bits per heavy atom. The SMILES string of the molecule is O=C(Nc1ccc(Oc2ccc(Cl)cc2)nc1)C1CCN(c2ccc3nncn3n2)CC1. The van der Waals surface area contributed by atoms with Crippen LogP contribution in [0.15, 0.2) is 61.1 Å². The fraction of sp³-hybridized carbons (Fsp3) is 0.227. The zero-order valence-corrected chi connectivity index (χ0v) is 17.8. The molecule has 1 aliphatic heterocycles. The minimum Gasteiger partial charge on any atom is -0.439 e. The number of rotatable bonds is 5. The van der Waals surface area contributed by atoms with E-state index in [0.717, 1.165) is 31.7 Å². The van der Waals surface area contributed by atoms with E-state index in [1.54, 1.807) is 53.4 Å². The normalized spacial score (nSPS) is 14.5. The molecule has 162 valence electrons. The lowest BCUT2D eigenvalue weighted by atomic mass is 9.96. The lowest BCUT2D eigenvalue weighted by Crippen LogP contribution is -2.38. The summed E-state index contributed by atoms with van der Waals surface area (Å²) in [7, 11) is 0. The van der Waals surface area contributed by atoms with Crippen molar-refractivity contribution >= 4 is 34.7 Å². The molecule has 1 amide bonds. The van der Waals surface area contributed by atoms with Gasteiger partial charge in [0.25, 0.3) is 0 Å². The molecule has 0 saturated carbocycles. The van der Waals surface area contributed by atoms with Crippen molar-refractivity contribution in [1.29, 1.82) is 0 Å². The van der Waals surface area contributed by atoms with Gasteiger partial charge < -0.3 is 15.0 Å². The fourth-order valence-electron chi connectivity index (χ4n) is 3.64. The van der Waals surface area contributed by atoms with Crippen LogP contribution in [0.25, 0.3) is 5.65 Å². The summed E-state index contributed by atoms with van der Waals surface area (Å²) < 4.78 is 7.34. The van der Waals surface area contributed by atoms with Crippen molar-refractivity contribution in [3.05, 3.63) is 66.1 Å². The molecule has 1 N–H and O–H groups in total. The number of amides is 1. The Balaban J connectivity index is 1.14. The van der Waals surface area contributed by atoms with E-state index in [4.69, 9.17) is 16.3 Å². The number of aromatic nitrogens is 5. The number of ether oxygens (including phenoxy) is 1. The van der Waals surface area contributed by atoms with E-state index in [-0.39, 0.29) is 11.8 Å². The van der Waals surface area contributed by atoms with Crippen LogP contribution >= 0.6 is 11.6 Å². The Morgan fingerprint density at radius 3 is 2.62 bits per heavy atom. The van der Waals surface area contributed by atoms with Gasteiger partial charge in [-0.3, -0.25) is 4.79 Å². The number of pyridine rings is 1. The van der Waals surface area contributed by atoms with Crippen LogP contribution in [0, 0.1) is 5.92 Å². The molecule has 1 saturated heterocycles. The van der Waals surface area contributed by atoms with Crippen LogP contribution in [-0.4, -0.2) is 43.8 Å². The van der Waals surface area contributed by atoms with E-state index in [9.17, 15) is 4.79 Å². The number of anilines is 2. The number of hydrogen-bond donors (Lipinski definition) is 1. The van der Waals surface area contributed by atoms with E-state index in [2.05, 4.69) is 30.5 Å². The number of carbonyl (C=O) groups excluding carboxylic acids is 1. The summed E-state index contributed by atoms with van der Waals surface area (Å²) in [5.74, 6) is 1.88. The number of nitrogens with one attached hydrogen (secondary N) is 1. The molecule has 1 aromatic carbocycles. The Labute approximate surface area is 189 Å². The molecule has 0 spiro atoms. The maximum Gasteiger partial charge on any atom is 0.227 e. The van der Waals surface area contributed by atoms with Crippen molar-refractivity contribution in [3.63, 3.8) is 0 Å². The van der Waals surface area contributed by atoms with Crippen molar-refractivity contribution in [2.24, 2.45) is 5.92 Å². The number of hydrogen-bond acceptors (Lipinski definition) is 7. The van der Waals surface area contributed by atoms with Crippen molar-refractivity contribution < 1.29 is 9.53 Å². The average Bonchev–Trinajstić information content (AvgIpc) is 3.30. The first-order valence-electron chi connectivity index (χ1n) is 10.3. The first-order valence-corrected chi connectivity index (χ1v) is 10.6. The van der Waals surface area contributed by atoms with Gasteiger partial charge in [-0.1, -0.05) is 11.6 Å². The molecule has 0 unspecified atom stereocenters. The zero-order valence-electron chi connectivity index (χ0n) is 17.1. The van der Waals surface area contributed by atoms with Crippen molar-refractivity contribution in [3.8, 4) is 11.6 Å². The molecule has 1 fully saturated rings. The minimum absolute atomic E-state index is 0.0000375. The standard InChI is InChI=1S/C22H20ClN7O2/c23-16-1-4-18(5-2-16)32-21-8-3-17(13-24-21)26-22(31)15-9-11-29(12-10-15)20-7-6-19-27-25-14-30(19)28-20/h1-8,13-15H,9-12H2,(H,26,31). The monoisotopic (exact) mass is 449 g/mol. The Kier molecular flexibility index (Phi) is 5.55. The largest absolute Gasteiger partial charge is 0.439 e. The number of carbonyl (C=O) groups is 1. The summed E-state index contributed by atoms with van der Waals surface area (Å²) in [5.41, 5.74) is 1.35. The summed E-state index contributed by atoms with van der Waals surface area (Å²) in [6.07, 6.45) is 4.67. The third kappa shape index (κ3) is 4.47. The highest BCUT2D eigenvalue weighted by atomic mass is 35.5. The summed E-state index contributed by atoms with van der Waals surface area (Å²) in [4.78, 5) is 19.2. The fourth-order valence-corrected chi connectivity index (χ4v) is 3.77. The van der Waals surface area contributed by atoms with Gasteiger partial charge in [0.2, 0.25) is 11.8 Å². The molecule has 9 nitrogen and oxygen atoms in total. The molecular weight excluding hydrogens is 430 g/mol. The molecule has 0 aliphatic carbocycles. The van der Waals surface area contributed by atoms with Gasteiger partial charge in [0.1, 0.15) is 17.9 Å². The lowest BCUT2D eigenvalue weighted by molar-refractivity contribution is -0.120. The first kappa shape index (κ1) is 20.2. The van der Waals surface area contributed by atoms with Gasteiger partial charge in [-0.2, -0.15) is 4.52 Å². The summed E-state index contributed by atoms with van der Waals surface area (Å²) in [5, 5.41) is 16.0. The molecule has 3 aromatic heterocycles. The van der Waals surface area contributed by atoms with E-state index in [1.165, 1.54) is 0 Å². The molecule has 4 heterocycles. The second-order valence-corrected chi connectivity index (χ2v) is 7.95. The number of fused-ring (bicyclic) bond motifs is 1. The second-order valence-electron chi connectivity index (χ2n) is 7.52. The van der Waals surface area contributed by atoms with Crippen LogP contribution in [-0.2, 0) is 4.79 Å². The van der Waals surface area contributed by atoms with Crippen molar-refractivity contribution in [1.82, 2.24) is 24.8 Å². The maximum absolute atomic E-state index is 12.7. The number of piperidine rings is 1. The molecule has 10 heteroatoms. The zero-order chi connectivity index (χ0) is 21.9. The van der Waals surface area contributed by atoms with E-state index >= 15 is 0 Å². The quantitative estimate of drug-likeness (QED) is 0.494. The summed E-state index contributed by atoms with van der Waals surface area (Å²) >= 11 is 5.88. The van der Waals surface area contributed by atoms with E-state index in [1.807, 2.05) is 12.1 Å². The number of nitrogens with zero attached hydrogens (tertiary/aromatic N) is 6. The predicted molar refractivity (Wildman–Crippen MR) is 120 cm³/mol. The molecule has 32 heavy (non-hydrogen) atoms. The highest BCUT2D eigenvalue weighted by Crippen LogP contribution is 2.25. The van der Waals surface area contributed by atoms with Gasteiger partial charge in [-0.25, -0.2) is 4.98 Å². The van der Waals surface area contributed by atoms with Crippen LogP contribution in [0.4, 0.5) is 11.5 Å². The third-order valence-electron chi connectivity index (χ3n) is 5.38.